The van der Waals surface area contributed by atoms with Crippen molar-refractivity contribution in [3.05, 3.63) is 194 Å². The number of Topliss-reactive ketones (excluding diaryl/α,β-unsaturated/α-hetero) is 2. The van der Waals surface area contributed by atoms with E-state index in [0.29, 0.717) is 119 Å². The monoisotopic (exact) mass is 1220 g/mol. The minimum absolute atomic E-state index is 0. The molecular formula is C64H71F3N4O17. The molecule has 3 saturated heterocycles. The first-order valence-corrected chi connectivity index (χ1v) is 26.8. The standard InChI is InChI=1S/C22H21FN2O6.C21H20FNO7.C18H18FNO4.3CH4/c1-24-12-16(19(27)22(24)29)18(26)20-14(10-13-2-4-15(23)5-3-13)11-17(31-20)21(28)25-6-8-30-9-7-25;1-28-21(27)17(25)12-16(24)19-14(10-13-2-4-15(22)5-3-13)11-18(30-19)20(26)23-6-8-29-9-7-23;1-12(21)17-14(10-13-2-4-15(19)5-3-13)11-16(24-17)18(22)20-6-8-23-9-7-20;;;/h2-5,11,27H,6-10,12H2,1H3;2-5,11-12,24H,6-10H2,1H3;2-5,11H,6-10H2,1H3;3*1H4. The Hall–Kier alpha value is -9.39. The van der Waals surface area contributed by atoms with Gasteiger partial charge in [0.15, 0.2) is 51.9 Å². The third kappa shape index (κ3) is 17.4. The molecule has 3 aromatic carbocycles. The van der Waals surface area contributed by atoms with E-state index in [-0.39, 0.29) is 105 Å². The summed E-state index contributed by atoms with van der Waals surface area (Å²) in [4.78, 5) is 104. The zero-order chi connectivity index (χ0) is 60.9. The number of esters is 1. The van der Waals surface area contributed by atoms with Crippen molar-refractivity contribution in [2.24, 2.45) is 0 Å². The minimum Gasteiger partial charge on any atom is -0.504 e. The lowest BCUT2D eigenvalue weighted by molar-refractivity contribution is -0.149. The van der Waals surface area contributed by atoms with Gasteiger partial charge in [-0.05, 0) is 71.3 Å². The summed E-state index contributed by atoms with van der Waals surface area (Å²) in [5.41, 5.74) is 3.58. The van der Waals surface area contributed by atoms with Crippen molar-refractivity contribution in [3.63, 3.8) is 0 Å². The number of ether oxygens (including phenoxy) is 4. The second-order valence-corrected chi connectivity index (χ2v) is 19.8. The average Bonchev–Trinajstić information content (AvgIpc) is 2.02. The van der Waals surface area contributed by atoms with Crippen LogP contribution in [0, 0.1) is 17.5 Å². The maximum Gasteiger partial charge on any atom is 0.378 e. The second-order valence-electron chi connectivity index (χ2n) is 19.8. The summed E-state index contributed by atoms with van der Waals surface area (Å²) < 4.78 is 76.3. The number of amides is 4. The van der Waals surface area contributed by atoms with Crippen LogP contribution in [0.1, 0.15) is 121 Å². The molecule has 0 atom stereocenters. The molecule has 6 aromatic rings. The van der Waals surface area contributed by atoms with Crippen LogP contribution in [0.2, 0.25) is 0 Å². The summed E-state index contributed by atoms with van der Waals surface area (Å²) in [7, 11) is 2.50. The van der Waals surface area contributed by atoms with E-state index in [1.807, 2.05) is 0 Å². The molecule has 88 heavy (non-hydrogen) atoms. The first kappa shape index (κ1) is 69.4. The lowest BCUT2D eigenvalue weighted by Gasteiger charge is -2.25. The van der Waals surface area contributed by atoms with Gasteiger partial charge in [-0.15, -0.1) is 0 Å². The number of morpholine rings is 3. The van der Waals surface area contributed by atoms with Crippen molar-refractivity contribution in [1.29, 1.82) is 0 Å². The molecule has 4 aliphatic rings. The Labute approximate surface area is 506 Å². The summed E-state index contributed by atoms with van der Waals surface area (Å²) in [5.74, 6) is -7.13. The van der Waals surface area contributed by atoms with Gasteiger partial charge in [-0.1, -0.05) is 58.7 Å². The fraction of sp³-hybridized carbons (Fsp3) is 0.344. The molecule has 470 valence electrons. The number of rotatable bonds is 15. The Morgan fingerprint density at radius 2 is 0.875 bits per heavy atom. The van der Waals surface area contributed by atoms with E-state index in [9.17, 15) is 61.7 Å². The summed E-state index contributed by atoms with van der Waals surface area (Å²) in [6.07, 6.45) is 1.47. The first-order chi connectivity index (χ1) is 40.8. The van der Waals surface area contributed by atoms with Crippen LogP contribution in [0.5, 0.6) is 0 Å². The third-order valence-corrected chi connectivity index (χ3v) is 13.8. The van der Waals surface area contributed by atoms with Gasteiger partial charge in [0.2, 0.25) is 5.78 Å². The van der Waals surface area contributed by atoms with Crippen LogP contribution >= 0.6 is 0 Å². The van der Waals surface area contributed by atoms with E-state index in [4.69, 9.17) is 27.5 Å². The van der Waals surface area contributed by atoms with Crippen LogP contribution in [-0.2, 0) is 52.6 Å². The molecule has 0 aliphatic carbocycles. The predicted molar refractivity (Wildman–Crippen MR) is 313 cm³/mol. The van der Waals surface area contributed by atoms with E-state index in [0.717, 1.165) is 12.7 Å². The summed E-state index contributed by atoms with van der Waals surface area (Å²) in [6.45, 7) is 6.56. The average molecular weight is 1230 g/mol. The molecule has 0 saturated carbocycles. The molecule has 4 amide bonds. The van der Waals surface area contributed by atoms with Crippen molar-refractivity contribution in [2.75, 3.05) is 99.6 Å². The number of methoxy groups -OCH3 is 1. The molecule has 24 heteroatoms. The van der Waals surface area contributed by atoms with Crippen LogP contribution in [0.3, 0.4) is 0 Å². The third-order valence-electron chi connectivity index (χ3n) is 13.8. The van der Waals surface area contributed by atoms with Gasteiger partial charge in [0.25, 0.3) is 29.4 Å². The number of ketones is 3. The molecule has 4 aliphatic heterocycles. The van der Waals surface area contributed by atoms with E-state index in [2.05, 4.69) is 4.74 Å². The SMILES string of the molecule is C.C.C.CC(=O)c1oc(C(=O)N2CCOCC2)cc1Cc1ccc(F)cc1.CN1CC(C(=O)c2oc(C(=O)N3CCOCC3)cc2Cc2ccc(F)cc2)=C(O)C1=O.COC(=O)C(=O)C=C(O)c1oc(C(=O)N2CCOCC2)cc1Cc1ccc(F)cc1. The minimum atomic E-state index is -1.15. The van der Waals surface area contributed by atoms with Gasteiger partial charge >= 0.3 is 5.97 Å². The zero-order valence-electron chi connectivity index (χ0n) is 46.5. The number of aliphatic hydroxyl groups is 2. The fourth-order valence-electron chi connectivity index (χ4n) is 9.30. The van der Waals surface area contributed by atoms with Crippen LogP contribution in [-0.4, -0.2) is 176 Å². The number of likely N-dealkylation sites (N-methyl/N-ethyl adjacent to an activating group) is 1. The topological polar surface area (TPSA) is 266 Å². The Morgan fingerprint density at radius 1 is 0.545 bits per heavy atom. The summed E-state index contributed by atoms with van der Waals surface area (Å²) >= 11 is 0. The van der Waals surface area contributed by atoms with Gasteiger partial charge in [0, 0.05) is 95.3 Å². The predicted octanol–water partition coefficient (Wildman–Crippen LogP) is 8.66. The van der Waals surface area contributed by atoms with Gasteiger partial charge < -0.3 is 62.0 Å². The first-order valence-electron chi connectivity index (χ1n) is 26.8. The number of furan rings is 3. The molecule has 7 heterocycles. The highest BCUT2D eigenvalue weighted by Gasteiger charge is 2.36. The smallest absolute Gasteiger partial charge is 0.378 e. The van der Waals surface area contributed by atoms with Crippen molar-refractivity contribution in [2.45, 2.75) is 48.5 Å². The maximum absolute atomic E-state index is 13.3. The molecular weight excluding hydrogens is 1150 g/mol. The fourth-order valence-corrected chi connectivity index (χ4v) is 9.30. The Morgan fingerprint density at radius 3 is 1.20 bits per heavy atom. The Bertz CT molecular complexity index is 3510. The van der Waals surface area contributed by atoms with Gasteiger partial charge in [-0.2, -0.15) is 0 Å². The number of benzene rings is 3. The maximum atomic E-state index is 13.3. The molecule has 0 unspecified atom stereocenters. The molecule has 0 radical (unpaired) electrons. The number of hydrogen-bond donors (Lipinski definition) is 2. The Balaban J connectivity index is 0.000000238. The molecule has 10 rings (SSSR count). The normalized spacial score (nSPS) is 14.9. The molecule has 0 spiro atoms. The molecule has 21 nitrogen and oxygen atoms in total. The van der Waals surface area contributed by atoms with Gasteiger partial charge in [0.1, 0.15) is 17.5 Å². The molecule has 3 fully saturated rings. The summed E-state index contributed by atoms with van der Waals surface area (Å²) in [6, 6.07) is 22.0. The highest BCUT2D eigenvalue weighted by atomic mass is 19.1. The highest BCUT2D eigenvalue weighted by Crippen LogP contribution is 2.29. The second kappa shape index (κ2) is 31.8. The van der Waals surface area contributed by atoms with Crippen molar-refractivity contribution in [1.82, 2.24) is 19.6 Å². The Kier molecular flexibility index (Phi) is 25.1. The molecule has 2 N–H and O–H groups in total. The van der Waals surface area contributed by atoms with Crippen LogP contribution in [0.4, 0.5) is 13.2 Å². The number of hydrogen-bond acceptors (Lipinski definition) is 17. The van der Waals surface area contributed by atoms with Crippen molar-refractivity contribution in [3.8, 4) is 0 Å². The molecule has 3 aromatic heterocycles. The van der Waals surface area contributed by atoms with Crippen LogP contribution in [0.25, 0.3) is 5.76 Å². The van der Waals surface area contributed by atoms with Gasteiger partial charge in [0.05, 0.1) is 58.9 Å². The highest BCUT2D eigenvalue weighted by molar-refractivity contribution is 6.39. The number of halogens is 3. The van der Waals surface area contributed by atoms with Crippen molar-refractivity contribution >= 4 is 52.7 Å². The number of aliphatic hydroxyl groups excluding tert-OH is 2. The van der Waals surface area contributed by atoms with Gasteiger partial charge in [-0.25, -0.2) is 18.0 Å². The zero-order valence-corrected chi connectivity index (χ0v) is 46.5. The van der Waals surface area contributed by atoms with Crippen LogP contribution < -0.4 is 0 Å². The van der Waals surface area contributed by atoms with Crippen molar-refractivity contribution < 1.29 is 93.9 Å². The van der Waals surface area contributed by atoms with E-state index in [1.54, 1.807) is 57.2 Å². The lowest BCUT2D eigenvalue weighted by Crippen LogP contribution is -2.40. The van der Waals surface area contributed by atoms with Crippen LogP contribution in [0.15, 0.2) is 122 Å². The number of nitrogens with zero attached hydrogens (tertiary/aromatic N) is 4. The largest absolute Gasteiger partial charge is 0.504 e. The number of carbonyl (C=O) groups excluding carboxylic acids is 8. The quantitative estimate of drug-likeness (QED) is 0.0320. The van der Waals surface area contributed by atoms with E-state index in [1.165, 1.54) is 67.4 Å². The van der Waals surface area contributed by atoms with Gasteiger partial charge in [-0.3, -0.25) is 33.6 Å². The lowest BCUT2D eigenvalue weighted by atomic mass is 10.0. The summed E-state index contributed by atoms with van der Waals surface area (Å²) in [5, 5.41) is 20.5. The molecule has 0 bridgehead atoms. The van der Waals surface area contributed by atoms with E-state index < -0.39 is 52.5 Å². The number of carbonyl (C=O) groups is 8. The van der Waals surface area contributed by atoms with E-state index >= 15 is 0 Å².